The van der Waals surface area contributed by atoms with Crippen molar-refractivity contribution in [1.29, 1.82) is 0 Å². The van der Waals surface area contributed by atoms with Crippen molar-refractivity contribution >= 4 is 40.5 Å². The van der Waals surface area contributed by atoms with Gasteiger partial charge in [-0.2, -0.15) is 0 Å². The maximum Gasteiger partial charge on any atom is 0.136 e. The molecule has 0 unspecified atom stereocenters. The molecule has 0 atom stereocenters. The van der Waals surface area contributed by atoms with Crippen LogP contribution in [0.4, 0.5) is 17.3 Å². The summed E-state index contributed by atoms with van der Waals surface area (Å²) in [4.78, 5) is 11.0. The largest absolute Gasteiger partial charge is 0.360 e. The topological polar surface area (TPSA) is 41.0 Å². The lowest BCUT2D eigenvalue weighted by Crippen LogP contribution is -2.20. The number of aryl methyl sites for hydroxylation is 1. The van der Waals surface area contributed by atoms with Gasteiger partial charge in [-0.25, -0.2) is 9.97 Å². The zero-order valence-electron chi connectivity index (χ0n) is 13.0. The predicted octanol–water partition coefficient (Wildman–Crippen LogP) is 5.07. The first kappa shape index (κ1) is 16.8. The Morgan fingerprint density at radius 2 is 1.95 bits per heavy atom. The van der Waals surface area contributed by atoms with Crippen molar-refractivity contribution in [3.05, 3.63) is 40.1 Å². The SMILES string of the molecule is CCCCN(C)c1cc(Nc2ccc(Cl)cc2Cl)nc(C)n1. The Kier molecular flexibility index (Phi) is 5.86. The fraction of sp³-hybridized carbons (Fsp3) is 0.375. The van der Waals surface area contributed by atoms with Gasteiger partial charge in [0.2, 0.25) is 0 Å². The van der Waals surface area contributed by atoms with Gasteiger partial charge in [0.05, 0.1) is 10.7 Å². The maximum atomic E-state index is 6.19. The van der Waals surface area contributed by atoms with Crippen LogP contribution in [0.2, 0.25) is 10.0 Å². The number of nitrogens with one attached hydrogen (secondary N) is 1. The van der Waals surface area contributed by atoms with E-state index in [2.05, 4.69) is 27.1 Å². The van der Waals surface area contributed by atoms with Crippen LogP contribution in [0.25, 0.3) is 0 Å². The van der Waals surface area contributed by atoms with Gasteiger partial charge in [-0.05, 0) is 31.5 Å². The van der Waals surface area contributed by atoms with E-state index in [4.69, 9.17) is 23.2 Å². The molecule has 22 heavy (non-hydrogen) atoms. The molecule has 4 nitrogen and oxygen atoms in total. The van der Waals surface area contributed by atoms with Crippen molar-refractivity contribution < 1.29 is 0 Å². The Hall–Kier alpha value is -1.52. The number of anilines is 3. The molecule has 1 N–H and O–H groups in total. The van der Waals surface area contributed by atoms with Gasteiger partial charge in [0.1, 0.15) is 17.5 Å². The van der Waals surface area contributed by atoms with Crippen LogP contribution in [0.1, 0.15) is 25.6 Å². The summed E-state index contributed by atoms with van der Waals surface area (Å²) in [5.74, 6) is 2.33. The monoisotopic (exact) mass is 338 g/mol. The molecule has 0 aliphatic carbocycles. The van der Waals surface area contributed by atoms with Crippen molar-refractivity contribution in [3.63, 3.8) is 0 Å². The smallest absolute Gasteiger partial charge is 0.136 e. The van der Waals surface area contributed by atoms with Crippen LogP contribution in [0.3, 0.4) is 0 Å². The predicted molar refractivity (Wildman–Crippen MR) is 94.7 cm³/mol. The molecule has 0 amide bonds. The fourth-order valence-corrected chi connectivity index (χ4v) is 2.51. The zero-order chi connectivity index (χ0) is 16.1. The molecule has 0 bridgehead atoms. The highest BCUT2D eigenvalue weighted by Crippen LogP contribution is 2.28. The van der Waals surface area contributed by atoms with E-state index < -0.39 is 0 Å². The van der Waals surface area contributed by atoms with Gasteiger partial charge in [-0.1, -0.05) is 36.5 Å². The number of unbranched alkanes of at least 4 members (excludes halogenated alkanes) is 1. The lowest BCUT2D eigenvalue weighted by molar-refractivity contribution is 0.756. The third-order valence-corrected chi connectivity index (χ3v) is 3.80. The quantitative estimate of drug-likeness (QED) is 0.798. The second-order valence-electron chi connectivity index (χ2n) is 5.18. The second-order valence-corrected chi connectivity index (χ2v) is 6.03. The number of halogens is 2. The Labute approximate surface area is 141 Å². The normalized spacial score (nSPS) is 10.6. The van der Waals surface area contributed by atoms with Gasteiger partial charge in [-0.15, -0.1) is 0 Å². The molecule has 1 aromatic heterocycles. The number of hydrogen-bond acceptors (Lipinski definition) is 4. The first-order chi connectivity index (χ1) is 10.5. The van der Waals surface area contributed by atoms with Crippen molar-refractivity contribution in [2.24, 2.45) is 0 Å². The summed E-state index contributed by atoms with van der Waals surface area (Å²) >= 11 is 12.1. The molecule has 0 saturated carbocycles. The van der Waals surface area contributed by atoms with E-state index in [0.29, 0.717) is 15.9 Å². The summed E-state index contributed by atoms with van der Waals surface area (Å²) in [6, 6.07) is 7.25. The molecule has 2 aromatic rings. The molecule has 0 saturated heterocycles. The van der Waals surface area contributed by atoms with Crippen LogP contribution in [0, 0.1) is 6.92 Å². The molecule has 0 spiro atoms. The summed E-state index contributed by atoms with van der Waals surface area (Å²) in [7, 11) is 2.04. The average molecular weight is 339 g/mol. The van der Waals surface area contributed by atoms with Crippen molar-refractivity contribution in [2.45, 2.75) is 26.7 Å². The molecule has 0 aliphatic rings. The van der Waals surface area contributed by atoms with Gasteiger partial charge < -0.3 is 10.2 Å². The maximum absolute atomic E-state index is 6.19. The van der Waals surface area contributed by atoms with E-state index in [1.54, 1.807) is 12.1 Å². The van der Waals surface area contributed by atoms with Crippen molar-refractivity contribution in [2.75, 3.05) is 23.8 Å². The van der Waals surface area contributed by atoms with Crippen LogP contribution in [0.15, 0.2) is 24.3 Å². The fourth-order valence-electron chi connectivity index (χ4n) is 2.05. The molecule has 0 aliphatic heterocycles. The van der Waals surface area contributed by atoms with Crippen LogP contribution in [-0.2, 0) is 0 Å². The molecular weight excluding hydrogens is 319 g/mol. The van der Waals surface area contributed by atoms with Gasteiger partial charge in [0.15, 0.2) is 0 Å². The van der Waals surface area contributed by atoms with Gasteiger partial charge in [0.25, 0.3) is 0 Å². The molecule has 2 rings (SSSR count). The van der Waals surface area contributed by atoms with Crippen LogP contribution in [0.5, 0.6) is 0 Å². The Morgan fingerprint density at radius 1 is 1.18 bits per heavy atom. The van der Waals surface area contributed by atoms with E-state index in [0.717, 1.165) is 36.7 Å². The number of hydrogen-bond donors (Lipinski definition) is 1. The lowest BCUT2D eigenvalue weighted by Gasteiger charge is -2.19. The highest BCUT2D eigenvalue weighted by atomic mass is 35.5. The van der Waals surface area contributed by atoms with Crippen LogP contribution in [-0.4, -0.2) is 23.6 Å². The standard InChI is InChI=1S/C16H20Cl2N4/c1-4-5-8-22(3)16-10-15(19-11(2)20-16)21-14-7-6-12(17)9-13(14)18/h6-7,9-10H,4-5,8H2,1-3H3,(H,19,20,21). The van der Waals surface area contributed by atoms with Crippen LogP contribution < -0.4 is 10.2 Å². The van der Waals surface area contributed by atoms with Crippen LogP contribution >= 0.6 is 23.2 Å². The Bertz CT molecular complexity index is 646. The summed E-state index contributed by atoms with van der Waals surface area (Å²) in [6.07, 6.45) is 2.28. The minimum Gasteiger partial charge on any atom is -0.360 e. The molecular formula is C16H20Cl2N4. The van der Waals surface area contributed by atoms with E-state index >= 15 is 0 Å². The highest BCUT2D eigenvalue weighted by molar-refractivity contribution is 6.36. The van der Waals surface area contributed by atoms with E-state index in [9.17, 15) is 0 Å². The first-order valence-electron chi connectivity index (χ1n) is 7.28. The van der Waals surface area contributed by atoms with Crippen molar-refractivity contribution in [3.8, 4) is 0 Å². The highest BCUT2D eigenvalue weighted by Gasteiger charge is 2.08. The minimum absolute atomic E-state index is 0.560. The average Bonchev–Trinajstić information content (AvgIpc) is 2.47. The summed E-state index contributed by atoms with van der Waals surface area (Å²) < 4.78 is 0. The van der Waals surface area contributed by atoms with Gasteiger partial charge in [0, 0.05) is 24.7 Å². The van der Waals surface area contributed by atoms with Gasteiger partial charge >= 0.3 is 0 Å². The summed E-state index contributed by atoms with van der Waals surface area (Å²) in [5.41, 5.74) is 0.770. The number of benzene rings is 1. The minimum atomic E-state index is 0.560. The molecule has 0 fully saturated rings. The first-order valence-corrected chi connectivity index (χ1v) is 8.04. The third-order valence-electron chi connectivity index (χ3n) is 3.26. The number of aromatic nitrogens is 2. The van der Waals surface area contributed by atoms with E-state index in [1.807, 2.05) is 26.1 Å². The molecule has 1 heterocycles. The molecule has 1 aromatic carbocycles. The second kappa shape index (κ2) is 7.65. The Morgan fingerprint density at radius 3 is 2.64 bits per heavy atom. The summed E-state index contributed by atoms with van der Waals surface area (Å²) in [5, 5.41) is 4.39. The van der Waals surface area contributed by atoms with Crippen molar-refractivity contribution in [1.82, 2.24) is 9.97 Å². The zero-order valence-corrected chi connectivity index (χ0v) is 14.5. The van der Waals surface area contributed by atoms with E-state index in [1.165, 1.54) is 0 Å². The Balaban J connectivity index is 2.22. The molecule has 118 valence electrons. The number of rotatable bonds is 6. The van der Waals surface area contributed by atoms with Gasteiger partial charge in [-0.3, -0.25) is 0 Å². The molecule has 0 radical (unpaired) electrons. The lowest BCUT2D eigenvalue weighted by atomic mass is 10.3. The third kappa shape index (κ3) is 4.49. The molecule has 6 heteroatoms. The number of nitrogens with zero attached hydrogens (tertiary/aromatic N) is 3. The summed E-state index contributed by atoms with van der Waals surface area (Å²) in [6.45, 7) is 5.02. The van der Waals surface area contributed by atoms with E-state index in [-0.39, 0.29) is 0 Å².